The van der Waals surface area contributed by atoms with Crippen molar-refractivity contribution >= 4 is 10.4 Å². The van der Waals surface area contributed by atoms with Gasteiger partial charge in [-0.15, -0.1) is 8.42 Å². The van der Waals surface area contributed by atoms with Crippen LogP contribution in [0, 0.1) is 0 Å². The summed E-state index contributed by atoms with van der Waals surface area (Å²) in [5.74, 6) is 0.604. The van der Waals surface area contributed by atoms with Gasteiger partial charge in [0, 0.05) is 0 Å². The summed E-state index contributed by atoms with van der Waals surface area (Å²) in [6, 6.07) is 14.7. The summed E-state index contributed by atoms with van der Waals surface area (Å²) in [7, 11) is -4.21. The van der Waals surface area contributed by atoms with Crippen molar-refractivity contribution < 1.29 is 69.6 Å². The van der Waals surface area contributed by atoms with Gasteiger partial charge in [-0.3, -0.25) is 0 Å². The van der Waals surface area contributed by atoms with E-state index in [1.54, 1.807) is 12.1 Å². The van der Waals surface area contributed by atoms with Crippen molar-refractivity contribution in [2.45, 2.75) is 155 Å². The second kappa shape index (κ2) is 25.9. The first kappa shape index (κ1) is 39.7. The Balaban J connectivity index is 0.00000882. The van der Waals surface area contributed by atoms with Crippen LogP contribution in [0.1, 0.15) is 155 Å². The second-order valence-corrected chi connectivity index (χ2v) is 12.9. The van der Waals surface area contributed by atoms with Crippen molar-refractivity contribution in [1.29, 1.82) is 0 Å². The number of hydrogen-bond donors (Lipinski definition) is 0. The fourth-order valence-electron chi connectivity index (χ4n) is 5.39. The summed E-state index contributed by atoms with van der Waals surface area (Å²) in [5.41, 5.74) is 2.19. The topological polar surface area (TPSA) is 52.6 Å². The van der Waals surface area contributed by atoms with Crippen LogP contribution in [0.4, 0.5) is 0 Å². The second-order valence-electron chi connectivity index (χ2n) is 11.7. The van der Waals surface area contributed by atoms with Crippen molar-refractivity contribution in [3.8, 4) is 11.5 Å². The molecule has 4 nitrogen and oxygen atoms in total. The molecule has 0 aliphatic heterocycles. The predicted octanol–water partition coefficient (Wildman–Crippen LogP) is 8.43. The van der Waals surface area contributed by atoms with E-state index in [1.807, 2.05) is 36.4 Å². The minimum Gasteiger partial charge on any atom is -1.00 e. The zero-order valence-electron chi connectivity index (χ0n) is 28.2. The molecule has 0 saturated carbocycles. The third kappa shape index (κ3) is 20.6. The number of aryl methyl sites for hydroxylation is 2. The summed E-state index contributed by atoms with van der Waals surface area (Å²) in [5, 5.41) is 0. The summed E-state index contributed by atoms with van der Waals surface area (Å²) in [6.07, 6.45) is 27.9. The Hall–Kier alpha value is -0.374. The smallest absolute Gasteiger partial charge is 1.00 e. The Labute approximate surface area is 303 Å². The molecule has 0 unspecified atom stereocenters. The molecule has 0 bridgehead atoms. The van der Waals surface area contributed by atoms with E-state index in [0.717, 1.165) is 36.8 Å². The maximum Gasteiger partial charge on any atom is 1.00 e. The molecule has 0 radical (unpaired) electrons. The standard InChI is InChI=1S/C36H58O4S.K.H/c1-3-5-7-9-11-13-15-17-19-21-25-33-27-23-29-35(31-33)39-41(37,38)40-36-30-24-28-34(32-36)26-22-20-18-16-14-12-10-8-6-4-2;;/h23-24,27-32H,3-22,25-26H2,1-2H3;;/q;+1;-1. The van der Waals surface area contributed by atoms with Gasteiger partial charge in [-0.2, -0.15) is 0 Å². The molecule has 0 fully saturated rings. The van der Waals surface area contributed by atoms with Gasteiger partial charge >= 0.3 is 61.8 Å². The minimum absolute atomic E-state index is 0. The third-order valence-electron chi connectivity index (χ3n) is 7.83. The summed E-state index contributed by atoms with van der Waals surface area (Å²) >= 11 is 0. The van der Waals surface area contributed by atoms with Gasteiger partial charge in [-0.1, -0.05) is 154 Å². The molecule has 2 aromatic rings. The van der Waals surface area contributed by atoms with Crippen molar-refractivity contribution in [3.05, 3.63) is 59.7 Å². The monoisotopic (exact) mass is 626 g/mol. The van der Waals surface area contributed by atoms with Gasteiger partial charge in [0.1, 0.15) is 11.5 Å². The van der Waals surface area contributed by atoms with Crippen LogP contribution in [0.15, 0.2) is 48.5 Å². The van der Waals surface area contributed by atoms with E-state index in [2.05, 4.69) is 13.8 Å². The third-order valence-corrected chi connectivity index (χ3v) is 8.62. The van der Waals surface area contributed by atoms with Crippen LogP contribution in [0.5, 0.6) is 11.5 Å². The molecule has 0 atom stereocenters. The van der Waals surface area contributed by atoms with Gasteiger partial charge in [-0.25, -0.2) is 0 Å². The first-order valence-corrected chi connectivity index (χ1v) is 18.2. The first-order valence-electron chi connectivity index (χ1n) is 16.8. The van der Waals surface area contributed by atoms with Crippen molar-refractivity contribution in [2.75, 3.05) is 0 Å². The largest absolute Gasteiger partial charge is 1.00 e. The summed E-state index contributed by atoms with van der Waals surface area (Å²) in [4.78, 5) is 0. The summed E-state index contributed by atoms with van der Waals surface area (Å²) in [6.45, 7) is 4.52. The van der Waals surface area contributed by atoms with Crippen LogP contribution in [0.3, 0.4) is 0 Å². The summed E-state index contributed by atoms with van der Waals surface area (Å²) < 4.78 is 35.9. The molecular formula is C36H59KO4S. The van der Waals surface area contributed by atoms with E-state index in [0.29, 0.717) is 11.5 Å². The van der Waals surface area contributed by atoms with E-state index in [4.69, 9.17) is 8.37 Å². The van der Waals surface area contributed by atoms with E-state index < -0.39 is 10.4 Å². The van der Waals surface area contributed by atoms with Crippen molar-refractivity contribution in [2.24, 2.45) is 0 Å². The number of unbranched alkanes of at least 4 members (excludes halogenated alkanes) is 18. The predicted molar refractivity (Wildman–Crippen MR) is 175 cm³/mol. The zero-order valence-corrected chi connectivity index (χ0v) is 31.2. The molecule has 6 heteroatoms. The van der Waals surface area contributed by atoms with E-state index in [9.17, 15) is 8.42 Å². The fourth-order valence-corrected chi connectivity index (χ4v) is 6.10. The molecule has 0 N–H and O–H groups in total. The normalized spacial score (nSPS) is 11.3. The Morgan fingerprint density at radius 1 is 0.500 bits per heavy atom. The molecule has 0 aromatic heterocycles. The molecule has 0 aliphatic carbocycles. The molecule has 2 rings (SSSR count). The van der Waals surface area contributed by atoms with Gasteiger partial charge in [0.2, 0.25) is 0 Å². The Morgan fingerprint density at radius 2 is 0.810 bits per heavy atom. The molecule has 0 amide bonds. The van der Waals surface area contributed by atoms with E-state index in [1.165, 1.54) is 116 Å². The average molecular weight is 627 g/mol. The molecule has 0 spiro atoms. The van der Waals surface area contributed by atoms with Gasteiger partial charge in [0.15, 0.2) is 0 Å². The molecule has 0 aliphatic rings. The Kier molecular flexibility index (Phi) is 24.5. The molecule has 234 valence electrons. The zero-order chi connectivity index (χ0) is 29.4. The number of hydrogen-bond acceptors (Lipinski definition) is 4. The fraction of sp³-hybridized carbons (Fsp3) is 0.667. The van der Waals surface area contributed by atoms with Crippen molar-refractivity contribution in [1.82, 2.24) is 0 Å². The molecule has 0 saturated heterocycles. The van der Waals surface area contributed by atoms with Crippen LogP contribution >= 0.6 is 0 Å². The van der Waals surface area contributed by atoms with Crippen LogP contribution in [-0.4, -0.2) is 8.42 Å². The van der Waals surface area contributed by atoms with Crippen LogP contribution in [0.2, 0.25) is 0 Å². The number of rotatable bonds is 26. The maximum absolute atomic E-state index is 12.6. The van der Waals surface area contributed by atoms with E-state index in [-0.39, 0.29) is 52.8 Å². The van der Waals surface area contributed by atoms with Gasteiger partial charge in [0.05, 0.1) is 0 Å². The van der Waals surface area contributed by atoms with Gasteiger partial charge in [-0.05, 0) is 61.1 Å². The van der Waals surface area contributed by atoms with Crippen LogP contribution in [0.25, 0.3) is 0 Å². The SMILES string of the molecule is CCCCCCCCCCCCc1cccc(OS(=O)(=O)Oc2cccc(CCCCCCCCCCCC)c2)c1.[H-].[K+]. The molecule has 2 aromatic carbocycles. The van der Waals surface area contributed by atoms with Gasteiger partial charge < -0.3 is 9.79 Å². The Bertz CT molecular complexity index is 956. The van der Waals surface area contributed by atoms with E-state index >= 15 is 0 Å². The minimum atomic E-state index is -4.21. The molecule has 42 heavy (non-hydrogen) atoms. The van der Waals surface area contributed by atoms with Crippen LogP contribution in [-0.2, 0) is 23.2 Å². The number of benzene rings is 2. The first-order chi connectivity index (χ1) is 20.0. The maximum atomic E-state index is 12.6. The average Bonchev–Trinajstić information content (AvgIpc) is 2.95. The van der Waals surface area contributed by atoms with Crippen LogP contribution < -0.4 is 59.8 Å². The quantitative estimate of drug-likeness (QED) is 0.0777. The molecular weight excluding hydrogens is 568 g/mol. The van der Waals surface area contributed by atoms with Gasteiger partial charge in [0.25, 0.3) is 0 Å². The Morgan fingerprint density at radius 3 is 1.14 bits per heavy atom. The van der Waals surface area contributed by atoms with Crippen molar-refractivity contribution in [3.63, 3.8) is 0 Å². The molecule has 0 heterocycles.